The zero-order chi connectivity index (χ0) is 16.7. The fourth-order valence-electron chi connectivity index (χ4n) is 2.61. The van der Waals surface area contributed by atoms with Gasteiger partial charge in [0.1, 0.15) is 10.7 Å². The molecule has 0 aromatic carbocycles. The lowest BCUT2D eigenvalue weighted by Gasteiger charge is -2.22. The van der Waals surface area contributed by atoms with Crippen LogP contribution in [0, 0.1) is 0 Å². The molecule has 2 rings (SSSR count). The van der Waals surface area contributed by atoms with E-state index in [-0.39, 0.29) is 10.8 Å². The number of rotatable bonds is 7. The summed E-state index contributed by atoms with van der Waals surface area (Å²) in [5.41, 5.74) is 0. The van der Waals surface area contributed by atoms with Crippen LogP contribution in [0.15, 0.2) is 23.2 Å². The van der Waals surface area contributed by atoms with Gasteiger partial charge < -0.3 is 10.6 Å². The molecule has 0 bridgehead atoms. The minimum atomic E-state index is -3.47. The normalized spacial score (nSPS) is 16.0. The maximum atomic E-state index is 11.9. The highest BCUT2D eigenvalue weighted by molar-refractivity contribution is 7.89. The number of amides is 1. The van der Waals surface area contributed by atoms with Gasteiger partial charge in [-0.05, 0) is 32.0 Å². The van der Waals surface area contributed by atoms with Crippen molar-refractivity contribution in [3.63, 3.8) is 0 Å². The predicted molar refractivity (Wildman–Crippen MR) is 88.6 cm³/mol. The van der Waals surface area contributed by atoms with Crippen LogP contribution in [0.5, 0.6) is 0 Å². The summed E-state index contributed by atoms with van der Waals surface area (Å²) in [4.78, 5) is 16.0. The summed E-state index contributed by atoms with van der Waals surface area (Å²) in [5, 5.41) is 6.08. The molecule has 0 aliphatic heterocycles. The lowest BCUT2D eigenvalue weighted by Crippen LogP contribution is -2.36. The highest BCUT2D eigenvalue weighted by Gasteiger charge is 2.15. The Kier molecular flexibility index (Phi) is 6.35. The highest BCUT2D eigenvalue weighted by Crippen LogP contribution is 2.17. The van der Waals surface area contributed by atoms with E-state index >= 15 is 0 Å². The largest absolute Gasteiger partial charge is 0.370 e. The van der Waals surface area contributed by atoms with Gasteiger partial charge >= 0.3 is 0 Å². The molecular formula is C15H24N4O3S. The molecule has 0 atom stereocenters. The van der Waals surface area contributed by atoms with Crippen LogP contribution >= 0.6 is 0 Å². The van der Waals surface area contributed by atoms with Gasteiger partial charge in [-0.1, -0.05) is 19.3 Å². The van der Waals surface area contributed by atoms with Crippen LogP contribution in [0.25, 0.3) is 0 Å². The molecule has 0 spiro atoms. The number of hydrogen-bond donors (Lipinski definition) is 3. The van der Waals surface area contributed by atoms with E-state index < -0.39 is 10.0 Å². The average Bonchev–Trinajstić information content (AvgIpc) is 2.56. The molecule has 1 amide bonds. The molecule has 1 aromatic rings. The van der Waals surface area contributed by atoms with Crippen molar-refractivity contribution >= 4 is 21.7 Å². The van der Waals surface area contributed by atoms with Crippen molar-refractivity contribution in [1.82, 2.24) is 15.0 Å². The maximum Gasteiger partial charge on any atom is 0.241 e. The van der Waals surface area contributed by atoms with Crippen LogP contribution < -0.4 is 15.4 Å². The number of nitrogens with zero attached hydrogens (tertiary/aromatic N) is 1. The molecule has 1 saturated carbocycles. The number of carbonyl (C=O) groups excluding carboxylic acids is 1. The van der Waals surface area contributed by atoms with Crippen molar-refractivity contribution in [2.75, 3.05) is 18.9 Å². The maximum absolute atomic E-state index is 11.9. The van der Waals surface area contributed by atoms with Crippen molar-refractivity contribution in [2.45, 2.75) is 49.5 Å². The summed E-state index contributed by atoms with van der Waals surface area (Å²) in [7, 11) is -2.12. The fraction of sp³-hybridized carbons (Fsp3) is 0.600. The first kappa shape index (κ1) is 17.7. The van der Waals surface area contributed by atoms with Gasteiger partial charge in [0.25, 0.3) is 0 Å². The van der Waals surface area contributed by atoms with E-state index in [2.05, 4.69) is 20.3 Å². The van der Waals surface area contributed by atoms with Gasteiger partial charge in [-0.25, -0.2) is 18.1 Å². The van der Waals surface area contributed by atoms with E-state index in [1.54, 1.807) is 6.07 Å². The summed E-state index contributed by atoms with van der Waals surface area (Å²) in [5.74, 6) is 0.587. The van der Waals surface area contributed by atoms with E-state index in [0.717, 1.165) is 12.8 Å². The molecule has 0 radical (unpaired) electrons. The second-order valence-corrected chi connectivity index (χ2v) is 7.55. The van der Waals surface area contributed by atoms with E-state index in [4.69, 9.17) is 0 Å². The number of nitrogens with one attached hydrogen (secondary N) is 3. The van der Waals surface area contributed by atoms with Gasteiger partial charge in [0.2, 0.25) is 15.9 Å². The third-order valence-corrected chi connectivity index (χ3v) is 5.34. The molecule has 0 unspecified atom stereocenters. The van der Waals surface area contributed by atoms with Crippen molar-refractivity contribution in [3.05, 3.63) is 18.3 Å². The summed E-state index contributed by atoms with van der Waals surface area (Å²) < 4.78 is 25.4. The first-order chi connectivity index (χ1) is 11.0. The topological polar surface area (TPSA) is 100 Å². The SMILES string of the molecule is CNS(=O)(=O)c1ccc(NCCC(=O)NC2CCCCC2)nc1. The lowest BCUT2D eigenvalue weighted by atomic mass is 9.95. The zero-order valence-electron chi connectivity index (χ0n) is 13.3. The van der Waals surface area contributed by atoms with Crippen LogP contribution in [0.2, 0.25) is 0 Å². The minimum absolute atomic E-state index is 0.0405. The number of aromatic nitrogens is 1. The first-order valence-electron chi connectivity index (χ1n) is 7.94. The Hall–Kier alpha value is -1.67. The molecule has 0 saturated heterocycles. The Balaban J connectivity index is 1.74. The summed E-state index contributed by atoms with van der Waals surface area (Å²) in [6.45, 7) is 0.462. The quantitative estimate of drug-likeness (QED) is 0.693. The number of anilines is 1. The van der Waals surface area contributed by atoms with Crippen LogP contribution in [0.3, 0.4) is 0 Å². The molecule has 3 N–H and O–H groups in total. The van der Waals surface area contributed by atoms with E-state index in [9.17, 15) is 13.2 Å². The average molecular weight is 340 g/mol. The van der Waals surface area contributed by atoms with E-state index in [1.165, 1.54) is 38.6 Å². The van der Waals surface area contributed by atoms with Crippen molar-refractivity contribution in [1.29, 1.82) is 0 Å². The summed E-state index contributed by atoms with van der Waals surface area (Å²) in [6, 6.07) is 3.38. The Morgan fingerprint density at radius 3 is 2.61 bits per heavy atom. The number of carbonyl (C=O) groups is 1. The molecule has 23 heavy (non-hydrogen) atoms. The molecule has 1 aliphatic carbocycles. The highest BCUT2D eigenvalue weighted by atomic mass is 32.2. The van der Waals surface area contributed by atoms with Gasteiger partial charge in [0.05, 0.1) is 0 Å². The molecule has 128 valence electrons. The standard InChI is InChI=1S/C15H24N4O3S/c1-16-23(21,22)13-7-8-14(18-11-13)17-10-9-15(20)19-12-5-3-2-4-6-12/h7-8,11-12,16H,2-6,9-10H2,1H3,(H,17,18)(H,19,20). The smallest absolute Gasteiger partial charge is 0.241 e. The Morgan fingerprint density at radius 2 is 2.00 bits per heavy atom. The second-order valence-electron chi connectivity index (χ2n) is 5.67. The van der Waals surface area contributed by atoms with E-state index in [1.807, 2.05) is 0 Å². The number of hydrogen-bond acceptors (Lipinski definition) is 5. The number of pyridine rings is 1. The van der Waals surface area contributed by atoms with Crippen LogP contribution in [-0.4, -0.2) is 38.9 Å². The Bertz CT molecular complexity index is 610. The van der Waals surface area contributed by atoms with Crippen LogP contribution in [-0.2, 0) is 14.8 Å². The third kappa shape index (κ3) is 5.47. The van der Waals surface area contributed by atoms with Crippen LogP contribution in [0.4, 0.5) is 5.82 Å². The van der Waals surface area contributed by atoms with Crippen molar-refractivity contribution in [2.24, 2.45) is 0 Å². The fourth-order valence-corrected chi connectivity index (χ4v) is 3.29. The minimum Gasteiger partial charge on any atom is -0.370 e. The molecule has 7 nitrogen and oxygen atoms in total. The van der Waals surface area contributed by atoms with Gasteiger partial charge in [0.15, 0.2) is 0 Å². The summed E-state index contributed by atoms with van der Waals surface area (Å²) in [6.07, 6.45) is 7.44. The predicted octanol–water partition coefficient (Wildman–Crippen LogP) is 1.24. The third-order valence-electron chi connectivity index (χ3n) is 3.94. The molecule has 8 heteroatoms. The number of sulfonamides is 1. The van der Waals surface area contributed by atoms with Gasteiger partial charge in [0, 0.05) is 25.2 Å². The van der Waals surface area contributed by atoms with Crippen molar-refractivity contribution in [3.8, 4) is 0 Å². The zero-order valence-corrected chi connectivity index (χ0v) is 14.2. The molecular weight excluding hydrogens is 316 g/mol. The molecule has 1 heterocycles. The van der Waals surface area contributed by atoms with Crippen molar-refractivity contribution < 1.29 is 13.2 Å². The Labute approximate surface area is 137 Å². The van der Waals surface area contributed by atoms with Gasteiger partial charge in [-0.3, -0.25) is 4.79 Å². The second kappa shape index (κ2) is 8.26. The van der Waals surface area contributed by atoms with Gasteiger partial charge in [-0.2, -0.15) is 0 Å². The monoisotopic (exact) mass is 340 g/mol. The lowest BCUT2D eigenvalue weighted by molar-refractivity contribution is -0.121. The first-order valence-corrected chi connectivity index (χ1v) is 9.42. The molecule has 1 aromatic heterocycles. The molecule has 1 aliphatic rings. The van der Waals surface area contributed by atoms with Gasteiger partial charge in [-0.15, -0.1) is 0 Å². The molecule has 1 fully saturated rings. The van der Waals surface area contributed by atoms with E-state index in [0.29, 0.717) is 24.8 Å². The Morgan fingerprint density at radius 1 is 1.26 bits per heavy atom. The summed E-state index contributed by atoms with van der Waals surface area (Å²) >= 11 is 0. The van der Waals surface area contributed by atoms with Crippen LogP contribution in [0.1, 0.15) is 38.5 Å².